The fourth-order valence-electron chi connectivity index (χ4n) is 1.50. The SMILES string of the molecule is Cc1nn(C)c2c(F)cc(F)cc12. The molecule has 0 aliphatic heterocycles. The Morgan fingerprint density at radius 3 is 2.69 bits per heavy atom. The topological polar surface area (TPSA) is 17.8 Å². The quantitative estimate of drug-likeness (QED) is 0.610. The fraction of sp³-hybridized carbons (Fsp3) is 0.222. The average molecular weight is 182 g/mol. The highest BCUT2D eigenvalue weighted by Crippen LogP contribution is 2.21. The summed E-state index contributed by atoms with van der Waals surface area (Å²) in [5.74, 6) is -1.14. The molecule has 0 bridgehead atoms. The van der Waals surface area contributed by atoms with E-state index in [0.29, 0.717) is 16.6 Å². The molecular weight excluding hydrogens is 174 g/mol. The summed E-state index contributed by atoms with van der Waals surface area (Å²) < 4.78 is 27.4. The van der Waals surface area contributed by atoms with E-state index in [9.17, 15) is 8.78 Å². The normalized spacial score (nSPS) is 11.1. The van der Waals surface area contributed by atoms with Gasteiger partial charge in [-0.1, -0.05) is 0 Å². The van der Waals surface area contributed by atoms with Crippen molar-refractivity contribution in [2.24, 2.45) is 7.05 Å². The summed E-state index contributed by atoms with van der Waals surface area (Å²) in [5, 5.41) is 4.53. The molecule has 4 heteroatoms. The third kappa shape index (κ3) is 1.09. The molecule has 1 aromatic carbocycles. The lowest BCUT2D eigenvalue weighted by Gasteiger charge is -1.95. The van der Waals surface area contributed by atoms with E-state index in [-0.39, 0.29) is 0 Å². The zero-order chi connectivity index (χ0) is 9.59. The highest BCUT2D eigenvalue weighted by Gasteiger charge is 2.10. The van der Waals surface area contributed by atoms with Crippen LogP contribution in [0.5, 0.6) is 0 Å². The number of benzene rings is 1. The van der Waals surface area contributed by atoms with Gasteiger partial charge in [0, 0.05) is 18.5 Å². The number of hydrogen-bond acceptors (Lipinski definition) is 1. The van der Waals surface area contributed by atoms with Crippen molar-refractivity contribution >= 4 is 10.9 Å². The van der Waals surface area contributed by atoms with Crippen molar-refractivity contribution < 1.29 is 8.78 Å². The van der Waals surface area contributed by atoms with Gasteiger partial charge in [-0.05, 0) is 13.0 Å². The molecule has 0 fully saturated rings. The molecule has 0 spiro atoms. The van der Waals surface area contributed by atoms with Crippen molar-refractivity contribution in [3.8, 4) is 0 Å². The summed E-state index contributed by atoms with van der Waals surface area (Å²) >= 11 is 0. The van der Waals surface area contributed by atoms with Gasteiger partial charge in [-0.3, -0.25) is 4.68 Å². The van der Waals surface area contributed by atoms with Crippen molar-refractivity contribution in [2.75, 3.05) is 0 Å². The number of hydrogen-bond donors (Lipinski definition) is 0. The molecule has 68 valence electrons. The van der Waals surface area contributed by atoms with Gasteiger partial charge in [0.15, 0.2) is 5.82 Å². The molecule has 0 saturated heterocycles. The summed E-state index contributed by atoms with van der Waals surface area (Å²) in [7, 11) is 1.64. The van der Waals surface area contributed by atoms with E-state index in [1.807, 2.05) is 0 Å². The lowest BCUT2D eigenvalue weighted by atomic mass is 10.2. The summed E-state index contributed by atoms with van der Waals surface area (Å²) in [6.45, 7) is 1.72. The van der Waals surface area contributed by atoms with Crippen LogP contribution in [-0.4, -0.2) is 9.78 Å². The Bertz CT molecular complexity index is 474. The second-order valence-corrected chi connectivity index (χ2v) is 2.99. The van der Waals surface area contributed by atoms with Crippen LogP contribution >= 0.6 is 0 Å². The summed E-state index contributed by atoms with van der Waals surface area (Å²) in [6.07, 6.45) is 0. The Kier molecular flexibility index (Phi) is 1.58. The van der Waals surface area contributed by atoms with Crippen molar-refractivity contribution in [1.29, 1.82) is 0 Å². The molecule has 0 radical (unpaired) electrons. The van der Waals surface area contributed by atoms with E-state index in [4.69, 9.17) is 0 Å². The first-order chi connectivity index (χ1) is 6.09. The van der Waals surface area contributed by atoms with Gasteiger partial charge in [-0.2, -0.15) is 5.10 Å². The van der Waals surface area contributed by atoms with Crippen molar-refractivity contribution in [1.82, 2.24) is 9.78 Å². The van der Waals surface area contributed by atoms with Crippen molar-refractivity contribution in [2.45, 2.75) is 6.92 Å². The Morgan fingerprint density at radius 2 is 2.00 bits per heavy atom. The molecule has 0 aliphatic rings. The molecule has 2 nitrogen and oxygen atoms in total. The highest BCUT2D eigenvalue weighted by atomic mass is 19.1. The maximum Gasteiger partial charge on any atom is 0.152 e. The monoisotopic (exact) mass is 182 g/mol. The van der Waals surface area contributed by atoms with E-state index in [1.165, 1.54) is 10.7 Å². The minimum absolute atomic E-state index is 0.346. The largest absolute Gasteiger partial charge is 0.265 e. The van der Waals surface area contributed by atoms with Gasteiger partial charge >= 0.3 is 0 Å². The molecule has 2 aromatic rings. The Hall–Kier alpha value is -1.45. The van der Waals surface area contributed by atoms with Crippen molar-refractivity contribution in [3.63, 3.8) is 0 Å². The second kappa shape index (κ2) is 2.52. The van der Waals surface area contributed by atoms with Crippen LogP contribution in [0.15, 0.2) is 12.1 Å². The number of aryl methyl sites for hydroxylation is 2. The van der Waals surface area contributed by atoms with Crippen LogP contribution in [-0.2, 0) is 7.05 Å². The zero-order valence-electron chi connectivity index (χ0n) is 7.31. The van der Waals surface area contributed by atoms with Crippen LogP contribution in [0, 0.1) is 18.6 Å². The predicted octanol–water partition coefficient (Wildman–Crippen LogP) is 2.16. The van der Waals surface area contributed by atoms with E-state index in [0.717, 1.165) is 6.07 Å². The number of aromatic nitrogens is 2. The Balaban J connectivity index is 2.97. The fourth-order valence-corrected chi connectivity index (χ4v) is 1.50. The van der Waals surface area contributed by atoms with Crippen LogP contribution in [0.2, 0.25) is 0 Å². The van der Waals surface area contributed by atoms with Crippen LogP contribution < -0.4 is 0 Å². The number of fused-ring (bicyclic) bond motifs is 1. The standard InChI is InChI=1S/C9H8F2N2/c1-5-7-3-6(10)4-8(11)9(7)13(2)12-5/h3-4H,1-2H3. The minimum atomic E-state index is -0.571. The molecule has 2 rings (SSSR count). The number of nitrogens with zero attached hydrogens (tertiary/aromatic N) is 2. The third-order valence-corrected chi connectivity index (χ3v) is 2.04. The Labute approximate surface area is 73.8 Å². The molecule has 0 saturated carbocycles. The molecule has 0 aliphatic carbocycles. The van der Waals surface area contributed by atoms with Gasteiger partial charge in [-0.15, -0.1) is 0 Å². The Morgan fingerprint density at radius 1 is 1.31 bits per heavy atom. The summed E-state index contributed by atoms with van der Waals surface area (Å²) in [5.41, 5.74) is 0.981. The molecule has 0 unspecified atom stereocenters. The molecule has 1 aromatic heterocycles. The predicted molar refractivity (Wildman–Crippen MR) is 45.4 cm³/mol. The smallest absolute Gasteiger partial charge is 0.152 e. The van der Waals surface area contributed by atoms with E-state index < -0.39 is 11.6 Å². The molecular formula is C9H8F2N2. The van der Waals surface area contributed by atoms with Gasteiger partial charge < -0.3 is 0 Å². The van der Waals surface area contributed by atoms with Crippen molar-refractivity contribution in [3.05, 3.63) is 29.5 Å². The maximum absolute atomic E-state index is 13.2. The van der Waals surface area contributed by atoms with Gasteiger partial charge in [0.2, 0.25) is 0 Å². The first-order valence-corrected chi connectivity index (χ1v) is 3.88. The number of rotatable bonds is 0. The maximum atomic E-state index is 13.2. The molecule has 1 heterocycles. The van der Waals surface area contributed by atoms with Gasteiger partial charge in [0.25, 0.3) is 0 Å². The molecule has 13 heavy (non-hydrogen) atoms. The third-order valence-electron chi connectivity index (χ3n) is 2.04. The van der Waals surface area contributed by atoms with Gasteiger partial charge in [0.05, 0.1) is 5.69 Å². The van der Waals surface area contributed by atoms with Crippen LogP contribution in [0.1, 0.15) is 5.69 Å². The highest BCUT2D eigenvalue weighted by molar-refractivity contribution is 5.82. The lowest BCUT2D eigenvalue weighted by Crippen LogP contribution is -1.92. The lowest BCUT2D eigenvalue weighted by molar-refractivity contribution is 0.586. The average Bonchev–Trinajstić information content (AvgIpc) is 2.27. The van der Waals surface area contributed by atoms with Gasteiger partial charge in [-0.25, -0.2) is 8.78 Å². The van der Waals surface area contributed by atoms with Crippen LogP contribution in [0.3, 0.4) is 0 Å². The second-order valence-electron chi connectivity index (χ2n) is 2.99. The molecule has 0 N–H and O–H groups in total. The van der Waals surface area contributed by atoms with Crippen LogP contribution in [0.25, 0.3) is 10.9 Å². The summed E-state index contributed by atoms with van der Waals surface area (Å²) in [6, 6.07) is 2.16. The van der Waals surface area contributed by atoms with Crippen LogP contribution in [0.4, 0.5) is 8.78 Å². The minimum Gasteiger partial charge on any atom is -0.265 e. The van der Waals surface area contributed by atoms with Gasteiger partial charge in [0.1, 0.15) is 11.3 Å². The number of halogens is 2. The zero-order valence-corrected chi connectivity index (χ0v) is 7.31. The van der Waals surface area contributed by atoms with E-state index in [2.05, 4.69) is 5.10 Å². The van der Waals surface area contributed by atoms with E-state index >= 15 is 0 Å². The molecule has 0 amide bonds. The first kappa shape index (κ1) is 8.16. The molecule has 0 atom stereocenters. The van der Waals surface area contributed by atoms with E-state index in [1.54, 1.807) is 14.0 Å². The first-order valence-electron chi connectivity index (χ1n) is 3.88. The summed E-state index contributed by atoms with van der Waals surface area (Å²) in [4.78, 5) is 0.